The molecule has 0 heterocycles. The molecule has 0 rings (SSSR count). The van der Waals surface area contributed by atoms with Gasteiger partial charge in [-0.15, -0.1) is 6.42 Å². The number of hydrogen-bond donors (Lipinski definition) is 2. The fraction of sp³-hybridized carbons (Fsp3) is 0.400. The fourth-order valence-corrected chi connectivity index (χ4v) is 0.293. The molecule has 0 aromatic carbocycles. The van der Waals surface area contributed by atoms with Gasteiger partial charge in [-0.3, -0.25) is 4.79 Å². The van der Waals surface area contributed by atoms with E-state index in [0.29, 0.717) is 0 Å². The second-order valence-electron chi connectivity index (χ2n) is 1.72. The van der Waals surface area contributed by atoms with Crippen molar-refractivity contribution in [3.05, 3.63) is 0 Å². The Hall–Kier alpha value is -1.22. The number of terminal acetylenes is 1. The maximum atomic E-state index is 11.7. The molecule has 0 aromatic rings. The lowest BCUT2D eigenvalue weighted by molar-refractivity contribution is -0.229. The van der Waals surface area contributed by atoms with Crippen molar-refractivity contribution in [2.45, 2.75) is 11.8 Å². The lowest BCUT2D eigenvalue weighted by Crippen LogP contribution is -2.54. The molecule has 11 heavy (non-hydrogen) atoms. The van der Waals surface area contributed by atoms with Gasteiger partial charge in [-0.1, -0.05) is 5.92 Å². The molecule has 0 saturated heterocycles. The van der Waals surface area contributed by atoms with Crippen LogP contribution in [0.1, 0.15) is 0 Å². The lowest BCUT2D eigenvalue weighted by Gasteiger charge is -2.20. The van der Waals surface area contributed by atoms with Crippen LogP contribution in [0.15, 0.2) is 0 Å². The zero-order valence-corrected chi connectivity index (χ0v) is 5.14. The highest BCUT2D eigenvalue weighted by atomic mass is 19.4. The van der Waals surface area contributed by atoms with Crippen LogP contribution in [0.5, 0.6) is 0 Å². The molecule has 0 aromatic heterocycles. The van der Waals surface area contributed by atoms with Gasteiger partial charge in [0.25, 0.3) is 5.91 Å². The molecule has 0 saturated carbocycles. The Labute approximate surface area is 60.0 Å². The molecule has 6 heteroatoms. The largest absolute Gasteiger partial charge is 0.438 e. The van der Waals surface area contributed by atoms with Crippen molar-refractivity contribution in [3.63, 3.8) is 0 Å². The molecule has 0 aliphatic carbocycles. The SMILES string of the molecule is C#CC(O)(C(N)=O)C(F)(F)F. The maximum Gasteiger partial charge on any atom is 0.438 e. The number of nitrogens with two attached hydrogens (primary N) is 1. The predicted octanol–water partition coefficient (Wildman–Crippen LogP) is -0.602. The third-order valence-electron chi connectivity index (χ3n) is 0.976. The van der Waals surface area contributed by atoms with Crippen molar-refractivity contribution in [2.24, 2.45) is 5.73 Å². The first kappa shape index (κ1) is 9.78. The molecule has 0 fully saturated rings. The van der Waals surface area contributed by atoms with Crippen LogP contribution in [-0.2, 0) is 4.79 Å². The summed E-state index contributed by atoms with van der Waals surface area (Å²) in [5.41, 5.74) is 0.362. The lowest BCUT2D eigenvalue weighted by atomic mass is 10.1. The summed E-state index contributed by atoms with van der Waals surface area (Å²) in [6.07, 6.45) is -0.955. The Kier molecular flexibility index (Phi) is 2.16. The highest BCUT2D eigenvalue weighted by molar-refractivity contribution is 5.87. The Balaban J connectivity index is 4.96. The molecule has 1 amide bonds. The standard InChI is InChI=1S/C5H4F3NO2/c1-2-4(11,3(9)10)5(6,7)8/h1,11H,(H2,9,10). The van der Waals surface area contributed by atoms with Crippen LogP contribution in [0.25, 0.3) is 0 Å². The van der Waals surface area contributed by atoms with Crippen LogP contribution in [0.4, 0.5) is 13.2 Å². The van der Waals surface area contributed by atoms with Crippen molar-refractivity contribution in [3.8, 4) is 12.3 Å². The molecular formula is C5H4F3NO2. The van der Waals surface area contributed by atoms with Crippen LogP contribution in [0.3, 0.4) is 0 Å². The van der Waals surface area contributed by atoms with Crippen molar-refractivity contribution in [2.75, 3.05) is 0 Å². The zero-order chi connectivity index (χ0) is 9.28. The number of carbonyl (C=O) groups is 1. The number of aliphatic hydroxyl groups is 1. The van der Waals surface area contributed by atoms with E-state index in [1.165, 1.54) is 0 Å². The van der Waals surface area contributed by atoms with Gasteiger partial charge in [0.05, 0.1) is 0 Å². The van der Waals surface area contributed by atoms with E-state index in [1.54, 1.807) is 0 Å². The Morgan fingerprint density at radius 2 is 1.91 bits per heavy atom. The van der Waals surface area contributed by atoms with E-state index in [-0.39, 0.29) is 0 Å². The van der Waals surface area contributed by atoms with Crippen molar-refractivity contribution < 1.29 is 23.1 Å². The van der Waals surface area contributed by atoms with Gasteiger partial charge in [0.1, 0.15) is 0 Å². The topological polar surface area (TPSA) is 63.3 Å². The molecular weight excluding hydrogens is 163 g/mol. The predicted molar refractivity (Wildman–Crippen MR) is 29.0 cm³/mol. The third-order valence-corrected chi connectivity index (χ3v) is 0.976. The van der Waals surface area contributed by atoms with Crippen molar-refractivity contribution in [1.82, 2.24) is 0 Å². The minimum absolute atomic E-state index is 0.874. The maximum absolute atomic E-state index is 11.7. The molecule has 3 N–H and O–H groups in total. The van der Waals surface area contributed by atoms with E-state index >= 15 is 0 Å². The Morgan fingerprint density at radius 1 is 1.55 bits per heavy atom. The number of carbonyl (C=O) groups excluding carboxylic acids is 1. The van der Waals surface area contributed by atoms with Gasteiger partial charge in [-0.2, -0.15) is 13.2 Å². The van der Waals surface area contributed by atoms with Crippen molar-refractivity contribution in [1.29, 1.82) is 0 Å². The Morgan fingerprint density at radius 3 is 1.91 bits per heavy atom. The molecule has 0 spiro atoms. The number of hydrogen-bond acceptors (Lipinski definition) is 2. The van der Waals surface area contributed by atoms with Crippen molar-refractivity contribution >= 4 is 5.91 Å². The van der Waals surface area contributed by atoms with Gasteiger partial charge in [-0.25, -0.2) is 0 Å². The van der Waals surface area contributed by atoms with E-state index < -0.39 is 17.7 Å². The van der Waals surface area contributed by atoms with Gasteiger partial charge in [-0.05, 0) is 0 Å². The summed E-state index contributed by atoms with van der Waals surface area (Å²) in [5, 5.41) is 8.40. The van der Waals surface area contributed by atoms with E-state index in [1.807, 2.05) is 0 Å². The average Bonchev–Trinajstić information content (AvgIpc) is 1.83. The molecule has 0 radical (unpaired) electrons. The van der Waals surface area contributed by atoms with Gasteiger partial charge in [0, 0.05) is 0 Å². The first-order chi connectivity index (χ1) is 4.75. The summed E-state index contributed by atoms with van der Waals surface area (Å²) < 4.78 is 35.0. The van der Waals surface area contributed by atoms with E-state index in [4.69, 9.17) is 5.11 Å². The third kappa shape index (κ3) is 1.43. The highest BCUT2D eigenvalue weighted by Gasteiger charge is 2.57. The summed E-state index contributed by atoms with van der Waals surface area (Å²) in [5.74, 6) is -1.13. The summed E-state index contributed by atoms with van der Waals surface area (Å²) >= 11 is 0. The minimum Gasteiger partial charge on any atom is -0.366 e. The summed E-state index contributed by atoms with van der Waals surface area (Å²) in [6, 6.07) is 0. The zero-order valence-electron chi connectivity index (χ0n) is 5.14. The Bertz CT molecular complexity index is 217. The molecule has 0 aliphatic rings. The molecule has 62 valence electrons. The number of alkyl halides is 3. The van der Waals surface area contributed by atoms with Gasteiger partial charge < -0.3 is 10.8 Å². The number of primary amides is 1. The second kappa shape index (κ2) is 2.43. The summed E-state index contributed by atoms with van der Waals surface area (Å²) in [7, 11) is 0. The van der Waals surface area contributed by atoms with Crippen LogP contribution in [0, 0.1) is 12.3 Å². The molecule has 1 atom stereocenters. The number of rotatable bonds is 1. The number of halogens is 3. The smallest absolute Gasteiger partial charge is 0.366 e. The average molecular weight is 167 g/mol. The minimum atomic E-state index is -5.23. The van der Waals surface area contributed by atoms with Crippen LogP contribution < -0.4 is 5.73 Å². The van der Waals surface area contributed by atoms with Crippen LogP contribution in [0.2, 0.25) is 0 Å². The second-order valence-corrected chi connectivity index (χ2v) is 1.72. The monoisotopic (exact) mass is 167 g/mol. The normalized spacial score (nSPS) is 16.6. The van der Waals surface area contributed by atoms with Gasteiger partial charge >= 0.3 is 11.8 Å². The summed E-state index contributed by atoms with van der Waals surface area (Å²) in [6.45, 7) is 0. The van der Waals surface area contributed by atoms with Crippen LogP contribution >= 0.6 is 0 Å². The first-order valence-corrected chi connectivity index (χ1v) is 2.32. The first-order valence-electron chi connectivity index (χ1n) is 2.32. The molecule has 0 bridgehead atoms. The fourth-order valence-electron chi connectivity index (χ4n) is 0.293. The highest BCUT2D eigenvalue weighted by Crippen LogP contribution is 2.29. The summed E-state index contributed by atoms with van der Waals surface area (Å²) in [4.78, 5) is 10.0. The molecule has 0 aliphatic heterocycles. The van der Waals surface area contributed by atoms with Gasteiger partial charge in [0.2, 0.25) is 0 Å². The molecule has 1 unspecified atom stereocenters. The quantitative estimate of drug-likeness (QED) is 0.512. The van der Waals surface area contributed by atoms with Crippen LogP contribution in [-0.4, -0.2) is 22.8 Å². The van der Waals surface area contributed by atoms with Gasteiger partial charge in [0.15, 0.2) is 0 Å². The van der Waals surface area contributed by atoms with E-state index in [2.05, 4.69) is 12.2 Å². The molecule has 3 nitrogen and oxygen atoms in total. The van der Waals surface area contributed by atoms with E-state index in [0.717, 1.165) is 5.92 Å². The van der Waals surface area contributed by atoms with E-state index in [9.17, 15) is 18.0 Å². The number of amides is 1.